The van der Waals surface area contributed by atoms with Crippen LogP contribution in [0.25, 0.3) is 0 Å². The highest BCUT2D eigenvalue weighted by atomic mass is 32.1. The van der Waals surface area contributed by atoms with Gasteiger partial charge in [-0.15, -0.1) is 11.3 Å². The number of carbonyl (C=O) groups is 1. The van der Waals surface area contributed by atoms with Crippen LogP contribution in [0, 0.1) is 20.8 Å². The van der Waals surface area contributed by atoms with E-state index in [-0.39, 0.29) is 18.0 Å². The standard InChI is InChI=1S/C17H20F3N3OS/c1-9-10(2)16(25-11(9)3)21-14(24)8-23-13-7-5-4-6-12(13)15(22-23)17(18,19)20/h4-8H2,1-3H3,(H,21,24). The summed E-state index contributed by atoms with van der Waals surface area (Å²) in [7, 11) is 0. The number of carbonyl (C=O) groups excluding carboxylic acids is 1. The first-order valence-corrected chi connectivity index (χ1v) is 9.02. The number of amides is 1. The Balaban J connectivity index is 1.84. The molecule has 0 radical (unpaired) electrons. The molecule has 0 bridgehead atoms. The van der Waals surface area contributed by atoms with Crippen molar-refractivity contribution >= 4 is 22.2 Å². The van der Waals surface area contributed by atoms with E-state index < -0.39 is 11.9 Å². The fourth-order valence-corrected chi connectivity index (χ4v) is 4.27. The van der Waals surface area contributed by atoms with Crippen molar-refractivity contribution in [2.75, 3.05) is 5.32 Å². The molecule has 1 aliphatic carbocycles. The summed E-state index contributed by atoms with van der Waals surface area (Å²) in [5.41, 5.74) is 2.08. The van der Waals surface area contributed by atoms with Crippen molar-refractivity contribution in [1.82, 2.24) is 9.78 Å². The predicted molar refractivity (Wildman–Crippen MR) is 91.0 cm³/mol. The highest BCUT2D eigenvalue weighted by Gasteiger charge is 2.39. The van der Waals surface area contributed by atoms with Crippen LogP contribution in [0.2, 0.25) is 0 Å². The van der Waals surface area contributed by atoms with Gasteiger partial charge in [-0.3, -0.25) is 9.48 Å². The van der Waals surface area contributed by atoms with Crippen LogP contribution in [-0.4, -0.2) is 15.7 Å². The Labute approximate surface area is 148 Å². The van der Waals surface area contributed by atoms with Gasteiger partial charge in [0.25, 0.3) is 0 Å². The Morgan fingerprint density at radius 3 is 2.48 bits per heavy atom. The molecule has 3 rings (SSSR count). The Bertz CT molecular complexity index is 820. The van der Waals surface area contributed by atoms with Gasteiger partial charge in [-0.2, -0.15) is 18.3 Å². The van der Waals surface area contributed by atoms with E-state index in [1.165, 1.54) is 16.0 Å². The van der Waals surface area contributed by atoms with Crippen molar-refractivity contribution in [2.45, 2.75) is 59.2 Å². The lowest BCUT2D eigenvalue weighted by molar-refractivity contribution is -0.142. The number of thiophene rings is 1. The third-order valence-corrected chi connectivity index (χ3v) is 5.98. The van der Waals surface area contributed by atoms with Gasteiger partial charge < -0.3 is 5.32 Å². The van der Waals surface area contributed by atoms with E-state index >= 15 is 0 Å². The number of nitrogens with one attached hydrogen (secondary N) is 1. The van der Waals surface area contributed by atoms with Gasteiger partial charge in [-0.05, 0) is 57.6 Å². The number of aromatic nitrogens is 2. The summed E-state index contributed by atoms with van der Waals surface area (Å²) < 4.78 is 40.8. The van der Waals surface area contributed by atoms with Crippen molar-refractivity contribution in [3.8, 4) is 0 Å². The third kappa shape index (κ3) is 3.44. The van der Waals surface area contributed by atoms with E-state index in [1.54, 1.807) is 0 Å². The molecular formula is C17H20F3N3OS. The minimum absolute atomic E-state index is 0.201. The summed E-state index contributed by atoms with van der Waals surface area (Å²) in [4.78, 5) is 13.5. The highest BCUT2D eigenvalue weighted by molar-refractivity contribution is 7.16. The summed E-state index contributed by atoms with van der Waals surface area (Å²) in [5, 5.41) is 7.28. The second-order valence-electron chi connectivity index (χ2n) is 6.42. The number of alkyl halides is 3. The van der Waals surface area contributed by atoms with Crippen LogP contribution in [0.1, 0.15) is 45.8 Å². The molecule has 0 atom stereocenters. The maximum Gasteiger partial charge on any atom is 0.435 e. The molecule has 0 saturated heterocycles. The summed E-state index contributed by atoms with van der Waals surface area (Å²) in [6.07, 6.45) is -2.04. The molecule has 2 heterocycles. The Kier molecular flexibility index (Phi) is 4.66. The van der Waals surface area contributed by atoms with Crippen LogP contribution in [0.4, 0.5) is 18.2 Å². The van der Waals surface area contributed by atoms with Crippen LogP contribution < -0.4 is 5.32 Å². The fraction of sp³-hybridized carbons (Fsp3) is 0.529. The van der Waals surface area contributed by atoms with Crippen LogP contribution in [0.5, 0.6) is 0 Å². The monoisotopic (exact) mass is 371 g/mol. The number of nitrogens with zero attached hydrogens (tertiary/aromatic N) is 2. The molecule has 0 aromatic carbocycles. The smallest absolute Gasteiger partial charge is 0.316 e. The SMILES string of the molecule is Cc1sc(NC(=O)Cn2nc(C(F)(F)F)c3c2CCCC3)c(C)c1C. The number of rotatable bonds is 3. The molecule has 0 fully saturated rings. The summed E-state index contributed by atoms with van der Waals surface area (Å²) in [6, 6.07) is 0. The molecule has 0 spiro atoms. The van der Waals surface area contributed by atoms with Crippen molar-refractivity contribution < 1.29 is 18.0 Å². The lowest BCUT2D eigenvalue weighted by Gasteiger charge is -2.14. The number of anilines is 1. The molecule has 4 nitrogen and oxygen atoms in total. The predicted octanol–water partition coefficient (Wildman–Crippen LogP) is 4.41. The molecule has 0 aliphatic heterocycles. The second kappa shape index (κ2) is 6.48. The lowest BCUT2D eigenvalue weighted by Crippen LogP contribution is -2.21. The molecule has 136 valence electrons. The number of fused-ring (bicyclic) bond motifs is 1. The van der Waals surface area contributed by atoms with Crippen molar-refractivity contribution in [3.63, 3.8) is 0 Å². The minimum atomic E-state index is -4.48. The first-order chi connectivity index (χ1) is 11.7. The van der Waals surface area contributed by atoms with E-state index in [1.807, 2.05) is 20.8 Å². The largest absolute Gasteiger partial charge is 0.435 e. The molecule has 1 amide bonds. The molecule has 25 heavy (non-hydrogen) atoms. The average Bonchev–Trinajstić information content (AvgIpc) is 3.01. The zero-order chi connectivity index (χ0) is 18.4. The Morgan fingerprint density at radius 1 is 1.20 bits per heavy atom. The molecule has 1 N–H and O–H groups in total. The van der Waals surface area contributed by atoms with E-state index in [9.17, 15) is 18.0 Å². The van der Waals surface area contributed by atoms with E-state index in [4.69, 9.17) is 0 Å². The maximum absolute atomic E-state index is 13.2. The van der Waals surface area contributed by atoms with Gasteiger partial charge in [0.05, 0.1) is 5.00 Å². The number of hydrogen-bond donors (Lipinski definition) is 1. The molecule has 0 saturated carbocycles. The van der Waals surface area contributed by atoms with Gasteiger partial charge in [0.1, 0.15) is 6.54 Å². The van der Waals surface area contributed by atoms with Gasteiger partial charge >= 0.3 is 6.18 Å². The average molecular weight is 371 g/mol. The second-order valence-corrected chi connectivity index (χ2v) is 7.65. The minimum Gasteiger partial charge on any atom is -0.316 e. The fourth-order valence-electron chi connectivity index (χ4n) is 3.19. The maximum atomic E-state index is 13.2. The van der Waals surface area contributed by atoms with Crippen molar-refractivity contribution in [1.29, 1.82) is 0 Å². The van der Waals surface area contributed by atoms with Gasteiger partial charge in [-0.25, -0.2) is 0 Å². The zero-order valence-electron chi connectivity index (χ0n) is 14.4. The molecule has 2 aromatic heterocycles. The van der Waals surface area contributed by atoms with Gasteiger partial charge in [-0.1, -0.05) is 0 Å². The van der Waals surface area contributed by atoms with Gasteiger partial charge in [0.2, 0.25) is 5.91 Å². The summed E-state index contributed by atoms with van der Waals surface area (Å²) in [6.45, 7) is 5.68. The molecule has 8 heteroatoms. The topological polar surface area (TPSA) is 46.9 Å². The lowest BCUT2D eigenvalue weighted by atomic mass is 9.95. The van der Waals surface area contributed by atoms with Crippen molar-refractivity contribution in [3.05, 3.63) is 33.0 Å². The normalized spacial score (nSPS) is 14.5. The van der Waals surface area contributed by atoms with Crippen LogP contribution in [0.15, 0.2) is 0 Å². The van der Waals surface area contributed by atoms with E-state index in [2.05, 4.69) is 10.4 Å². The quantitative estimate of drug-likeness (QED) is 0.869. The number of aryl methyl sites for hydroxylation is 1. The van der Waals surface area contributed by atoms with Crippen LogP contribution >= 0.6 is 11.3 Å². The Hall–Kier alpha value is -1.83. The zero-order valence-corrected chi connectivity index (χ0v) is 15.2. The van der Waals surface area contributed by atoms with Gasteiger partial charge in [0, 0.05) is 16.1 Å². The summed E-state index contributed by atoms with van der Waals surface area (Å²) >= 11 is 1.48. The molecular weight excluding hydrogens is 351 g/mol. The van der Waals surface area contributed by atoms with E-state index in [0.717, 1.165) is 33.8 Å². The molecule has 1 aliphatic rings. The first kappa shape index (κ1) is 18.0. The molecule has 0 unspecified atom stereocenters. The van der Waals surface area contributed by atoms with Crippen LogP contribution in [-0.2, 0) is 30.4 Å². The summed E-state index contributed by atoms with van der Waals surface area (Å²) in [5.74, 6) is -0.353. The first-order valence-electron chi connectivity index (χ1n) is 8.20. The van der Waals surface area contributed by atoms with Gasteiger partial charge in [0.15, 0.2) is 5.69 Å². The molecule has 2 aromatic rings. The highest BCUT2D eigenvalue weighted by Crippen LogP contribution is 2.36. The number of halogens is 3. The van der Waals surface area contributed by atoms with Crippen LogP contribution in [0.3, 0.4) is 0 Å². The van der Waals surface area contributed by atoms with Crippen molar-refractivity contribution in [2.24, 2.45) is 0 Å². The Morgan fingerprint density at radius 2 is 1.88 bits per heavy atom. The number of hydrogen-bond acceptors (Lipinski definition) is 3. The third-order valence-electron chi connectivity index (χ3n) is 4.76. The van der Waals surface area contributed by atoms with E-state index in [0.29, 0.717) is 18.5 Å².